The predicted molar refractivity (Wildman–Crippen MR) is 143 cm³/mol. The van der Waals surface area contributed by atoms with Gasteiger partial charge in [-0.3, -0.25) is 0 Å². The van der Waals surface area contributed by atoms with Gasteiger partial charge in [0, 0.05) is 37.2 Å². The largest absolute Gasteiger partial charge is 0.451 e. The standard InChI is InChI=1S/C26H22F5N7S2/c1-13-21(24-37-36-23(40-24)19-6-9-32-25(35-19)26(29,30)31)22(34-14(2)33-13)15-7-10-38(11-8-15)20(39)12-16-17(27)4-3-5-18(16)28/h3-6,9,15H,7-8,10-12H2,1-2H3. The second-order valence-corrected chi connectivity index (χ2v) is 10.8. The normalized spacial score (nSPS) is 14.5. The maximum Gasteiger partial charge on any atom is 0.451 e. The van der Waals surface area contributed by atoms with Crippen molar-refractivity contribution in [2.45, 2.75) is 45.2 Å². The molecule has 3 aromatic heterocycles. The summed E-state index contributed by atoms with van der Waals surface area (Å²) in [7, 11) is 0. The molecular weight excluding hydrogens is 569 g/mol. The summed E-state index contributed by atoms with van der Waals surface area (Å²) in [6.45, 7) is 4.76. The van der Waals surface area contributed by atoms with Gasteiger partial charge in [-0.25, -0.2) is 28.7 Å². The predicted octanol–water partition coefficient (Wildman–Crippen LogP) is 6.12. The molecule has 0 unspecified atom stereocenters. The van der Waals surface area contributed by atoms with E-state index in [0.29, 0.717) is 53.0 Å². The molecule has 4 aromatic rings. The van der Waals surface area contributed by atoms with Crippen LogP contribution in [0.15, 0.2) is 30.5 Å². The van der Waals surface area contributed by atoms with Crippen LogP contribution in [0.4, 0.5) is 22.0 Å². The lowest BCUT2D eigenvalue weighted by Crippen LogP contribution is -2.38. The molecule has 0 N–H and O–H groups in total. The fourth-order valence-electron chi connectivity index (χ4n) is 4.71. The number of halogens is 5. The van der Waals surface area contributed by atoms with E-state index in [4.69, 9.17) is 17.2 Å². The smallest absolute Gasteiger partial charge is 0.366 e. The molecule has 1 saturated heterocycles. The van der Waals surface area contributed by atoms with E-state index in [2.05, 4.69) is 25.1 Å². The van der Waals surface area contributed by atoms with Crippen LogP contribution < -0.4 is 0 Å². The van der Waals surface area contributed by atoms with Crippen molar-refractivity contribution in [3.8, 4) is 21.3 Å². The average molecular weight is 592 g/mol. The van der Waals surface area contributed by atoms with Crippen molar-refractivity contribution in [1.29, 1.82) is 0 Å². The first kappa shape index (κ1) is 28.0. The molecule has 5 rings (SSSR count). The fourth-order valence-corrected chi connectivity index (χ4v) is 5.95. The van der Waals surface area contributed by atoms with Crippen molar-refractivity contribution >= 4 is 28.5 Å². The fraction of sp³-hybridized carbons (Fsp3) is 0.346. The summed E-state index contributed by atoms with van der Waals surface area (Å²) in [6.07, 6.45) is -2.29. The molecule has 0 atom stereocenters. The van der Waals surface area contributed by atoms with Crippen molar-refractivity contribution in [3.05, 3.63) is 70.7 Å². The zero-order valence-electron chi connectivity index (χ0n) is 21.3. The van der Waals surface area contributed by atoms with E-state index in [-0.39, 0.29) is 28.6 Å². The third kappa shape index (κ3) is 5.82. The van der Waals surface area contributed by atoms with Crippen LogP contribution in [0.25, 0.3) is 21.3 Å². The van der Waals surface area contributed by atoms with Crippen LogP contribution in [0.2, 0.25) is 0 Å². The molecule has 1 aliphatic heterocycles. The van der Waals surface area contributed by atoms with Crippen LogP contribution in [-0.4, -0.2) is 53.1 Å². The Labute approximate surface area is 235 Å². The Balaban J connectivity index is 1.37. The molecule has 1 fully saturated rings. The highest BCUT2D eigenvalue weighted by molar-refractivity contribution is 7.80. The number of thiocarbonyl (C=S) groups is 1. The first-order chi connectivity index (χ1) is 19.0. The second kappa shape index (κ2) is 11.2. The Morgan fingerprint density at radius 1 is 1.00 bits per heavy atom. The van der Waals surface area contributed by atoms with Crippen molar-refractivity contribution in [2.24, 2.45) is 0 Å². The van der Waals surface area contributed by atoms with Crippen LogP contribution in [-0.2, 0) is 12.6 Å². The lowest BCUT2D eigenvalue weighted by atomic mass is 9.89. The monoisotopic (exact) mass is 591 g/mol. The molecule has 0 saturated carbocycles. The zero-order chi connectivity index (χ0) is 28.6. The number of alkyl halides is 3. The first-order valence-corrected chi connectivity index (χ1v) is 13.5. The van der Waals surface area contributed by atoms with E-state index in [1.165, 1.54) is 24.3 Å². The highest BCUT2D eigenvalue weighted by atomic mass is 32.1. The minimum absolute atomic E-state index is 0.00212. The number of piperidine rings is 1. The van der Waals surface area contributed by atoms with Gasteiger partial charge in [-0.2, -0.15) is 13.2 Å². The third-order valence-electron chi connectivity index (χ3n) is 6.62. The number of likely N-dealkylation sites (tertiary alicyclic amines) is 1. The zero-order valence-corrected chi connectivity index (χ0v) is 23.0. The lowest BCUT2D eigenvalue weighted by molar-refractivity contribution is -0.144. The van der Waals surface area contributed by atoms with Crippen LogP contribution in [0.3, 0.4) is 0 Å². The maximum atomic E-state index is 14.1. The van der Waals surface area contributed by atoms with Gasteiger partial charge >= 0.3 is 6.18 Å². The van der Waals surface area contributed by atoms with Gasteiger partial charge in [-0.05, 0) is 44.9 Å². The molecular formula is C26H22F5N7S2. The maximum absolute atomic E-state index is 14.1. The number of nitrogens with zero attached hydrogens (tertiary/aromatic N) is 7. The van der Waals surface area contributed by atoms with Crippen molar-refractivity contribution in [1.82, 2.24) is 35.0 Å². The molecule has 0 bridgehead atoms. The molecule has 14 heteroatoms. The van der Waals surface area contributed by atoms with Crippen molar-refractivity contribution in [3.63, 3.8) is 0 Å². The van der Waals surface area contributed by atoms with Crippen LogP contribution in [0, 0.1) is 25.5 Å². The number of hydrogen-bond donors (Lipinski definition) is 0. The number of aryl methyl sites for hydroxylation is 2. The Hall–Kier alpha value is -3.52. The molecule has 1 aromatic carbocycles. The van der Waals surface area contributed by atoms with E-state index in [0.717, 1.165) is 23.2 Å². The van der Waals surface area contributed by atoms with Crippen LogP contribution >= 0.6 is 23.6 Å². The second-order valence-electron chi connectivity index (χ2n) is 9.32. The molecule has 0 aliphatic carbocycles. The molecule has 4 heterocycles. The minimum Gasteiger partial charge on any atom is -0.366 e. The summed E-state index contributed by atoms with van der Waals surface area (Å²) in [6, 6.07) is 5.10. The summed E-state index contributed by atoms with van der Waals surface area (Å²) in [5.41, 5.74) is 2.12. The summed E-state index contributed by atoms with van der Waals surface area (Å²) < 4.78 is 67.6. The molecule has 208 valence electrons. The summed E-state index contributed by atoms with van der Waals surface area (Å²) in [4.78, 5) is 18.6. The van der Waals surface area contributed by atoms with Gasteiger partial charge in [0.05, 0.1) is 21.9 Å². The molecule has 0 amide bonds. The van der Waals surface area contributed by atoms with Crippen LogP contribution in [0.5, 0.6) is 0 Å². The summed E-state index contributed by atoms with van der Waals surface area (Å²) >= 11 is 6.63. The number of benzene rings is 1. The van der Waals surface area contributed by atoms with E-state index in [1.807, 2.05) is 11.8 Å². The van der Waals surface area contributed by atoms with Crippen LogP contribution in [0.1, 0.15) is 47.4 Å². The SMILES string of the molecule is Cc1nc(C)c(-c2nnc(-c3ccnc(C(F)(F)F)n3)s2)c(C2CCN(C(=S)Cc3c(F)cccc3F)CC2)n1. The first-order valence-electron chi connectivity index (χ1n) is 12.3. The molecule has 7 nitrogen and oxygen atoms in total. The number of hydrogen-bond acceptors (Lipinski definition) is 8. The molecule has 1 aliphatic rings. The third-order valence-corrected chi connectivity index (χ3v) is 7.99. The number of rotatable bonds is 5. The summed E-state index contributed by atoms with van der Waals surface area (Å²) in [5.74, 6) is -1.90. The minimum atomic E-state index is -4.68. The van der Waals surface area contributed by atoms with Gasteiger partial charge in [-0.1, -0.05) is 29.6 Å². The molecule has 0 radical (unpaired) electrons. The van der Waals surface area contributed by atoms with E-state index in [9.17, 15) is 22.0 Å². The van der Waals surface area contributed by atoms with Gasteiger partial charge in [-0.15, -0.1) is 10.2 Å². The van der Waals surface area contributed by atoms with E-state index >= 15 is 0 Å². The average Bonchev–Trinajstić information content (AvgIpc) is 3.40. The Kier molecular flexibility index (Phi) is 7.82. The highest BCUT2D eigenvalue weighted by Crippen LogP contribution is 2.39. The molecule has 40 heavy (non-hydrogen) atoms. The highest BCUT2D eigenvalue weighted by Gasteiger charge is 2.35. The topological polar surface area (TPSA) is 80.6 Å². The summed E-state index contributed by atoms with van der Waals surface area (Å²) in [5, 5.41) is 9.04. The van der Waals surface area contributed by atoms with Gasteiger partial charge < -0.3 is 4.90 Å². The van der Waals surface area contributed by atoms with Crippen molar-refractivity contribution in [2.75, 3.05) is 13.1 Å². The van der Waals surface area contributed by atoms with Gasteiger partial charge in [0.1, 0.15) is 23.2 Å². The quantitative estimate of drug-likeness (QED) is 0.203. The Morgan fingerprint density at radius 2 is 1.68 bits per heavy atom. The van der Waals surface area contributed by atoms with E-state index in [1.54, 1.807) is 6.92 Å². The van der Waals surface area contributed by atoms with Crippen molar-refractivity contribution < 1.29 is 22.0 Å². The van der Waals surface area contributed by atoms with Gasteiger partial charge in [0.15, 0.2) is 10.0 Å². The van der Waals surface area contributed by atoms with E-state index < -0.39 is 23.6 Å². The Morgan fingerprint density at radius 3 is 2.35 bits per heavy atom. The van der Waals surface area contributed by atoms with Gasteiger partial charge in [0.25, 0.3) is 0 Å². The number of aromatic nitrogens is 6. The molecule has 0 spiro atoms. The lowest BCUT2D eigenvalue weighted by Gasteiger charge is -2.34. The Bertz CT molecular complexity index is 1550. The van der Waals surface area contributed by atoms with Gasteiger partial charge in [0.2, 0.25) is 5.82 Å².